The molecule has 0 aliphatic carbocycles. The zero-order valence-electron chi connectivity index (χ0n) is 13.8. The van der Waals surface area contributed by atoms with Crippen molar-refractivity contribution in [2.24, 2.45) is 0 Å². The molecule has 0 saturated carbocycles. The minimum absolute atomic E-state index is 0.0305. The predicted molar refractivity (Wildman–Crippen MR) is 91.1 cm³/mol. The molecule has 1 aliphatic heterocycles. The molecule has 1 amide bonds. The van der Waals surface area contributed by atoms with E-state index in [1.165, 1.54) is 6.07 Å². The molecule has 5 nitrogen and oxygen atoms in total. The Morgan fingerprint density at radius 2 is 2.32 bits per heavy atom. The number of benzene rings is 1. The molecule has 1 N–H and O–H groups in total. The van der Waals surface area contributed by atoms with Gasteiger partial charge in [0.1, 0.15) is 5.82 Å². The van der Waals surface area contributed by atoms with Gasteiger partial charge >= 0.3 is 0 Å². The van der Waals surface area contributed by atoms with Crippen molar-refractivity contribution in [2.45, 2.75) is 25.4 Å². The van der Waals surface area contributed by atoms with E-state index in [2.05, 4.69) is 15.2 Å². The van der Waals surface area contributed by atoms with Crippen LogP contribution in [-0.2, 0) is 6.54 Å². The van der Waals surface area contributed by atoms with Crippen LogP contribution in [0.3, 0.4) is 0 Å². The summed E-state index contributed by atoms with van der Waals surface area (Å²) in [5.74, 6) is -0.495. The summed E-state index contributed by atoms with van der Waals surface area (Å²) in [6, 6.07) is 9.98. The molecule has 1 aromatic heterocycles. The number of likely N-dealkylation sites (tertiary alicyclic amines) is 1. The summed E-state index contributed by atoms with van der Waals surface area (Å²) in [6.07, 6.45) is 5.02. The van der Waals surface area contributed by atoms with E-state index in [4.69, 9.17) is 5.26 Å². The Hall–Kier alpha value is -2.78. The van der Waals surface area contributed by atoms with Crippen LogP contribution in [0.1, 0.15) is 34.3 Å². The van der Waals surface area contributed by atoms with E-state index in [9.17, 15) is 9.18 Å². The van der Waals surface area contributed by atoms with Gasteiger partial charge in [-0.1, -0.05) is 6.07 Å². The van der Waals surface area contributed by atoms with Crippen LogP contribution in [-0.4, -0.2) is 34.9 Å². The largest absolute Gasteiger partial charge is 0.348 e. The van der Waals surface area contributed by atoms with Crippen molar-refractivity contribution in [3.63, 3.8) is 0 Å². The lowest BCUT2D eigenvalue weighted by molar-refractivity contribution is 0.0900. The van der Waals surface area contributed by atoms with Gasteiger partial charge in [0.15, 0.2) is 0 Å². The maximum atomic E-state index is 14.1. The SMILES string of the molecule is N#Cc1ccc(CN2CCCC(NC(=O)c3cccnc3)C2)c(F)c1. The van der Waals surface area contributed by atoms with E-state index in [0.29, 0.717) is 29.8 Å². The molecule has 128 valence electrons. The second kappa shape index (κ2) is 7.86. The molecular weight excluding hydrogens is 319 g/mol. The smallest absolute Gasteiger partial charge is 0.253 e. The Labute approximate surface area is 146 Å². The maximum Gasteiger partial charge on any atom is 0.253 e. The van der Waals surface area contributed by atoms with Gasteiger partial charge in [-0.2, -0.15) is 5.26 Å². The Morgan fingerprint density at radius 3 is 3.04 bits per heavy atom. The predicted octanol–water partition coefficient (Wildman–Crippen LogP) is 2.49. The number of carbonyl (C=O) groups is 1. The van der Waals surface area contributed by atoms with Crippen LogP contribution < -0.4 is 5.32 Å². The summed E-state index contributed by atoms with van der Waals surface area (Å²) < 4.78 is 14.1. The number of hydrogen-bond acceptors (Lipinski definition) is 4. The average molecular weight is 338 g/mol. The standard InChI is InChI=1S/C19H19FN4O/c20-18-9-14(10-21)5-6-16(18)12-24-8-2-4-17(13-24)23-19(25)15-3-1-7-22-11-15/h1,3,5-7,9,11,17H,2,4,8,12-13H2,(H,23,25). The van der Waals surface area contributed by atoms with E-state index < -0.39 is 0 Å². The van der Waals surface area contributed by atoms with Gasteiger partial charge in [-0.05, 0) is 43.7 Å². The molecule has 3 rings (SSSR count). The van der Waals surface area contributed by atoms with Crippen LogP contribution >= 0.6 is 0 Å². The van der Waals surface area contributed by atoms with Crippen LogP contribution in [0.4, 0.5) is 4.39 Å². The van der Waals surface area contributed by atoms with E-state index in [1.54, 1.807) is 36.7 Å². The fourth-order valence-electron chi connectivity index (χ4n) is 3.07. The second-order valence-electron chi connectivity index (χ2n) is 6.21. The first-order valence-electron chi connectivity index (χ1n) is 8.27. The number of amides is 1. The monoisotopic (exact) mass is 338 g/mol. The summed E-state index contributed by atoms with van der Waals surface area (Å²) in [6.45, 7) is 2.00. The fourth-order valence-corrected chi connectivity index (χ4v) is 3.07. The molecule has 6 heteroatoms. The molecule has 0 bridgehead atoms. The van der Waals surface area contributed by atoms with Crippen molar-refractivity contribution < 1.29 is 9.18 Å². The van der Waals surface area contributed by atoms with Crippen molar-refractivity contribution in [1.29, 1.82) is 5.26 Å². The van der Waals surface area contributed by atoms with Gasteiger partial charge < -0.3 is 5.32 Å². The van der Waals surface area contributed by atoms with Gasteiger partial charge in [-0.25, -0.2) is 4.39 Å². The number of halogens is 1. The molecule has 1 atom stereocenters. The minimum atomic E-state index is -0.361. The molecule has 1 aliphatic rings. The highest BCUT2D eigenvalue weighted by Gasteiger charge is 2.22. The number of pyridine rings is 1. The topological polar surface area (TPSA) is 69.0 Å². The number of hydrogen-bond donors (Lipinski definition) is 1. The van der Waals surface area contributed by atoms with E-state index >= 15 is 0 Å². The van der Waals surface area contributed by atoms with Gasteiger partial charge in [0.25, 0.3) is 5.91 Å². The zero-order valence-corrected chi connectivity index (χ0v) is 13.8. The number of nitriles is 1. The Balaban J connectivity index is 1.60. The zero-order chi connectivity index (χ0) is 17.6. The van der Waals surface area contributed by atoms with E-state index in [1.807, 2.05) is 6.07 Å². The summed E-state index contributed by atoms with van der Waals surface area (Å²) in [5.41, 5.74) is 1.43. The summed E-state index contributed by atoms with van der Waals surface area (Å²) >= 11 is 0. The molecule has 1 unspecified atom stereocenters. The molecule has 25 heavy (non-hydrogen) atoms. The lowest BCUT2D eigenvalue weighted by atomic mass is 10.0. The van der Waals surface area contributed by atoms with Crippen LogP contribution in [0.25, 0.3) is 0 Å². The number of aromatic nitrogens is 1. The first kappa shape index (κ1) is 17.1. The lowest BCUT2D eigenvalue weighted by Gasteiger charge is -2.33. The second-order valence-corrected chi connectivity index (χ2v) is 6.21. The Kier molecular flexibility index (Phi) is 5.36. The highest BCUT2D eigenvalue weighted by atomic mass is 19.1. The maximum absolute atomic E-state index is 14.1. The fraction of sp³-hybridized carbons (Fsp3) is 0.316. The molecule has 2 heterocycles. The molecule has 0 spiro atoms. The summed E-state index contributed by atoms with van der Waals surface area (Å²) in [4.78, 5) is 18.3. The molecule has 1 saturated heterocycles. The van der Waals surface area contributed by atoms with E-state index in [0.717, 1.165) is 19.4 Å². The van der Waals surface area contributed by atoms with Gasteiger partial charge in [0.05, 0.1) is 17.2 Å². The third-order valence-electron chi connectivity index (χ3n) is 4.34. The quantitative estimate of drug-likeness (QED) is 0.930. The average Bonchev–Trinajstić information content (AvgIpc) is 2.64. The minimum Gasteiger partial charge on any atom is -0.348 e. The summed E-state index contributed by atoms with van der Waals surface area (Å²) in [7, 11) is 0. The van der Waals surface area contributed by atoms with Gasteiger partial charge in [0, 0.05) is 37.1 Å². The van der Waals surface area contributed by atoms with Crippen molar-refractivity contribution in [3.05, 3.63) is 65.2 Å². The highest BCUT2D eigenvalue weighted by Crippen LogP contribution is 2.17. The van der Waals surface area contributed by atoms with Crippen LogP contribution in [0.15, 0.2) is 42.7 Å². The van der Waals surface area contributed by atoms with Crippen molar-refractivity contribution in [1.82, 2.24) is 15.2 Å². The molecule has 2 aromatic rings. The highest BCUT2D eigenvalue weighted by molar-refractivity contribution is 5.94. The first-order valence-corrected chi connectivity index (χ1v) is 8.27. The lowest BCUT2D eigenvalue weighted by Crippen LogP contribution is -2.47. The summed E-state index contributed by atoms with van der Waals surface area (Å²) in [5, 5.41) is 11.8. The Bertz CT molecular complexity index is 788. The van der Waals surface area contributed by atoms with Gasteiger partial charge in [-0.15, -0.1) is 0 Å². The van der Waals surface area contributed by atoms with Crippen molar-refractivity contribution in [3.8, 4) is 6.07 Å². The third-order valence-corrected chi connectivity index (χ3v) is 4.34. The normalized spacial score (nSPS) is 17.7. The van der Waals surface area contributed by atoms with Crippen molar-refractivity contribution in [2.75, 3.05) is 13.1 Å². The van der Waals surface area contributed by atoms with Crippen LogP contribution in [0.5, 0.6) is 0 Å². The first-order chi connectivity index (χ1) is 12.2. The molecule has 0 radical (unpaired) electrons. The third kappa shape index (κ3) is 4.40. The van der Waals surface area contributed by atoms with Crippen LogP contribution in [0, 0.1) is 17.1 Å². The number of carbonyl (C=O) groups excluding carboxylic acids is 1. The Morgan fingerprint density at radius 1 is 1.44 bits per heavy atom. The number of rotatable bonds is 4. The van der Waals surface area contributed by atoms with Crippen molar-refractivity contribution >= 4 is 5.91 Å². The van der Waals surface area contributed by atoms with E-state index in [-0.39, 0.29) is 17.8 Å². The number of nitrogens with one attached hydrogen (secondary N) is 1. The molecule has 1 aromatic carbocycles. The number of nitrogens with zero attached hydrogens (tertiary/aromatic N) is 3. The molecular formula is C19H19FN4O. The van der Waals surface area contributed by atoms with Gasteiger partial charge in [-0.3, -0.25) is 14.7 Å². The van der Waals surface area contributed by atoms with Crippen LogP contribution in [0.2, 0.25) is 0 Å². The number of piperidine rings is 1. The van der Waals surface area contributed by atoms with Gasteiger partial charge in [0.2, 0.25) is 0 Å². The molecule has 1 fully saturated rings.